The minimum absolute atomic E-state index is 0.00806. The highest BCUT2D eigenvalue weighted by atomic mass is 19.1. The van der Waals surface area contributed by atoms with Crippen LogP contribution in [-0.2, 0) is 0 Å². The molecule has 0 radical (unpaired) electrons. The van der Waals surface area contributed by atoms with Crippen molar-refractivity contribution < 1.29 is 14.3 Å². The summed E-state index contributed by atoms with van der Waals surface area (Å²) in [6, 6.07) is 13.7. The quantitative estimate of drug-likeness (QED) is 0.800. The van der Waals surface area contributed by atoms with E-state index in [2.05, 4.69) is 10.3 Å². The van der Waals surface area contributed by atoms with E-state index >= 15 is 0 Å². The van der Waals surface area contributed by atoms with Gasteiger partial charge in [0.2, 0.25) is 5.95 Å². The highest BCUT2D eigenvalue weighted by Gasteiger charge is 2.14. The van der Waals surface area contributed by atoms with Crippen LogP contribution in [0.25, 0.3) is 0 Å². The normalized spacial score (nSPS) is 11.9. The summed E-state index contributed by atoms with van der Waals surface area (Å²) in [5.74, 6) is -1.10. The fraction of sp³-hybridized carbons (Fsp3) is 0.250. The number of benzene rings is 1. The van der Waals surface area contributed by atoms with Crippen molar-refractivity contribution in [3.63, 3.8) is 0 Å². The maximum atomic E-state index is 13.0. The number of aliphatic hydroxyl groups excluding tert-OH is 1. The lowest BCUT2D eigenvalue weighted by Gasteiger charge is -2.17. The molecule has 1 unspecified atom stereocenters. The largest absolute Gasteiger partial charge is 0.396 e. The van der Waals surface area contributed by atoms with Crippen molar-refractivity contribution in [2.45, 2.75) is 12.3 Å². The van der Waals surface area contributed by atoms with Crippen molar-refractivity contribution in [3.8, 4) is 0 Å². The van der Waals surface area contributed by atoms with Crippen LogP contribution < -0.4 is 5.32 Å². The average molecular weight is 288 g/mol. The molecule has 110 valence electrons. The van der Waals surface area contributed by atoms with Gasteiger partial charge in [-0.05, 0) is 24.1 Å². The van der Waals surface area contributed by atoms with Crippen LogP contribution >= 0.6 is 0 Å². The van der Waals surface area contributed by atoms with E-state index in [1.165, 1.54) is 18.2 Å². The van der Waals surface area contributed by atoms with Gasteiger partial charge in [-0.2, -0.15) is 4.39 Å². The summed E-state index contributed by atoms with van der Waals surface area (Å²) in [6.45, 7) is 0.398. The van der Waals surface area contributed by atoms with E-state index in [1.54, 1.807) is 0 Å². The third-order valence-corrected chi connectivity index (χ3v) is 3.21. The standard InChI is InChI=1S/C16H17FN2O2/c17-15-8-4-7-14(19-15)16(21)18-11-13(9-10-20)12-5-2-1-3-6-12/h1-8,13,20H,9-11H2,(H,18,21). The molecule has 0 bridgehead atoms. The molecule has 2 rings (SSSR count). The molecule has 0 spiro atoms. The van der Waals surface area contributed by atoms with Crippen LogP contribution in [0.2, 0.25) is 0 Å². The fourth-order valence-electron chi connectivity index (χ4n) is 2.11. The van der Waals surface area contributed by atoms with Gasteiger partial charge in [0.05, 0.1) is 0 Å². The maximum Gasteiger partial charge on any atom is 0.270 e. The molecule has 0 aliphatic heterocycles. The summed E-state index contributed by atoms with van der Waals surface area (Å²) in [7, 11) is 0. The van der Waals surface area contributed by atoms with Gasteiger partial charge in [0.25, 0.3) is 5.91 Å². The molecule has 0 aliphatic rings. The van der Waals surface area contributed by atoms with E-state index in [-0.39, 0.29) is 18.2 Å². The summed E-state index contributed by atoms with van der Waals surface area (Å²) in [5.41, 5.74) is 1.09. The molecule has 21 heavy (non-hydrogen) atoms. The Morgan fingerprint density at radius 3 is 2.62 bits per heavy atom. The monoisotopic (exact) mass is 288 g/mol. The molecular formula is C16H17FN2O2. The van der Waals surface area contributed by atoms with Gasteiger partial charge in [0.1, 0.15) is 5.69 Å². The van der Waals surface area contributed by atoms with Crippen LogP contribution in [0.4, 0.5) is 4.39 Å². The lowest BCUT2D eigenvalue weighted by molar-refractivity contribution is 0.0943. The first-order valence-corrected chi connectivity index (χ1v) is 6.77. The van der Waals surface area contributed by atoms with Gasteiger partial charge in [-0.1, -0.05) is 36.4 Å². The number of nitrogens with zero attached hydrogens (tertiary/aromatic N) is 1. The van der Waals surface area contributed by atoms with Gasteiger partial charge in [0, 0.05) is 19.1 Å². The van der Waals surface area contributed by atoms with Crippen molar-refractivity contribution in [3.05, 3.63) is 65.7 Å². The first-order valence-electron chi connectivity index (χ1n) is 6.77. The Morgan fingerprint density at radius 2 is 1.95 bits per heavy atom. The molecular weight excluding hydrogens is 271 g/mol. The van der Waals surface area contributed by atoms with E-state index in [0.29, 0.717) is 13.0 Å². The third-order valence-electron chi connectivity index (χ3n) is 3.21. The van der Waals surface area contributed by atoms with Gasteiger partial charge in [0.15, 0.2) is 0 Å². The lowest BCUT2D eigenvalue weighted by Crippen LogP contribution is -2.29. The highest BCUT2D eigenvalue weighted by Crippen LogP contribution is 2.18. The van der Waals surface area contributed by atoms with E-state index in [4.69, 9.17) is 5.11 Å². The second-order valence-electron chi connectivity index (χ2n) is 4.68. The van der Waals surface area contributed by atoms with Gasteiger partial charge >= 0.3 is 0 Å². The molecule has 2 aromatic rings. The van der Waals surface area contributed by atoms with E-state index < -0.39 is 11.9 Å². The van der Waals surface area contributed by atoms with Gasteiger partial charge in [-0.25, -0.2) is 4.98 Å². The fourth-order valence-corrected chi connectivity index (χ4v) is 2.11. The predicted molar refractivity (Wildman–Crippen MR) is 77.4 cm³/mol. The molecule has 0 fully saturated rings. The molecule has 4 nitrogen and oxygen atoms in total. The van der Waals surface area contributed by atoms with Gasteiger partial charge in [-0.15, -0.1) is 0 Å². The smallest absolute Gasteiger partial charge is 0.270 e. The first-order chi connectivity index (χ1) is 10.2. The van der Waals surface area contributed by atoms with Crippen molar-refractivity contribution in [2.75, 3.05) is 13.2 Å². The van der Waals surface area contributed by atoms with E-state index in [9.17, 15) is 9.18 Å². The second-order valence-corrected chi connectivity index (χ2v) is 4.68. The number of nitrogens with one attached hydrogen (secondary N) is 1. The first kappa shape index (κ1) is 15.1. The molecule has 0 aliphatic carbocycles. The SMILES string of the molecule is O=C(NCC(CCO)c1ccccc1)c1cccc(F)n1. The third kappa shape index (κ3) is 4.36. The highest BCUT2D eigenvalue weighted by molar-refractivity contribution is 5.92. The number of halogens is 1. The minimum Gasteiger partial charge on any atom is -0.396 e. The molecule has 5 heteroatoms. The van der Waals surface area contributed by atoms with Crippen LogP contribution in [0.1, 0.15) is 28.4 Å². The summed E-state index contributed by atoms with van der Waals surface area (Å²) in [6.07, 6.45) is 0.543. The summed E-state index contributed by atoms with van der Waals surface area (Å²) in [5, 5.41) is 11.9. The Labute approximate surface area is 122 Å². The zero-order valence-corrected chi connectivity index (χ0v) is 11.5. The molecule has 1 atom stereocenters. The number of aliphatic hydroxyl groups is 1. The van der Waals surface area contributed by atoms with E-state index in [1.807, 2.05) is 30.3 Å². The van der Waals surface area contributed by atoms with Crippen molar-refractivity contribution >= 4 is 5.91 Å². The zero-order valence-electron chi connectivity index (χ0n) is 11.5. The lowest BCUT2D eigenvalue weighted by atomic mass is 9.96. The maximum absolute atomic E-state index is 13.0. The van der Waals surface area contributed by atoms with Gasteiger partial charge in [-0.3, -0.25) is 4.79 Å². The molecule has 0 saturated heterocycles. The Hall–Kier alpha value is -2.27. The second kappa shape index (κ2) is 7.50. The van der Waals surface area contributed by atoms with E-state index in [0.717, 1.165) is 5.56 Å². The average Bonchev–Trinajstić information content (AvgIpc) is 2.52. The number of rotatable bonds is 6. The molecule has 1 heterocycles. The van der Waals surface area contributed by atoms with Crippen LogP contribution in [-0.4, -0.2) is 29.1 Å². The van der Waals surface area contributed by atoms with Crippen molar-refractivity contribution in [2.24, 2.45) is 0 Å². The van der Waals surface area contributed by atoms with Crippen LogP contribution in [0, 0.1) is 5.95 Å². The number of carbonyl (C=O) groups excluding carboxylic acids is 1. The number of aromatic nitrogens is 1. The number of hydrogen-bond donors (Lipinski definition) is 2. The minimum atomic E-state index is -0.683. The number of hydrogen-bond acceptors (Lipinski definition) is 3. The Morgan fingerprint density at radius 1 is 1.19 bits per heavy atom. The van der Waals surface area contributed by atoms with Crippen LogP contribution in [0.5, 0.6) is 0 Å². The van der Waals surface area contributed by atoms with Gasteiger partial charge < -0.3 is 10.4 Å². The topological polar surface area (TPSA) is 62.2 Å². The molecule has 1 aromatic heterocycles. The van der Waals surface area contributed by atoms with Crippen LogP contribution in [0.15, 0.2) is 48.5 Å². The van der Waals surface area contributed by atoms with Crippen molar-refractivity contribution in [1.29, 1.82) is 0 Å². The number of pyridine rings is 1. The Bertz CT molecular complexity index is 590. The molecule has 1 amide bonds. The zero-order chi connectivity index (χ0) is 15.1. The Balaban J connectivity index is 2.00. The van der Waals surface area contributed by atoms with Crippen LogP contribution in [0.3, 0.4) is 0 Å². The molecule has 2 N–H and O–H groups in total. The Kier molecular flexibility index (Phi) is 5.40. The summed E-state index contributed by atoms with van der Waals surface area (Å²) in [4.78, 5) is 15.5. The summed E-state index contributed by atoms with van der Waals surface area (Å²) >= 11 is 0. The predicted octanol–water partition coefficient (Wildman–Crippen LogP) is 2.12. The summed E-state index contributed by atoms with van der Waals surface area (Å²) < 4.78 is 13.0. The molecule has 0 saturated carbocycles. The molecule has 1 aromatic carbocycles. The number of amides is 1. The van der Waals surface area contributed by atoms with Crippen molar-refractivity contribution in [1.82, 2.24) is 10.3 Å². The number of carbonyl (C=O) groups is 1.